The van der Waals surface area contributed by atoms with Gasteiger partial charge in [0, 0.05) is 11.6 Å². The summed E-state index contributed by atoms with van der Waals surface area (Å²) >= 11 is 0. The number of benzene rings is 1. The maximum absolute atomic E-state index is 9.46. The van der Waals surface area contributed by atoms with Gasteiger partial charge in [0.15, 0.2) is 11.5 Å². The predicted octanol–water partition coefficient (Wildman–Crippen LogP) is 0.800. The molecule has 0 aliphatic rings. The number of methoxy groups -OCH3 is 2. The van der Waals surface area contributed by atoms with E-state index >= 15 is 0 Å². The molecule has 0 aromatic heterocycles. The molecule has 0 unspecified atom stereocenters. The fourth-order valence-corrected chi connectivity index (χ4v) is 1.15. The van der Waals surface area contributed by atoms with Crippen LogP contribution in [-0.4, -0.2) is 19.3 Å². The van der Waals surface area contributed by atoms with E-state index < -0.39 is 0 Å². The van der Waals surface area contributed by atoms with Gasteiger partial charge in [-0.1, -0.05) is 0 Å². The zero-order valence-electron chi connectivity index (χ0n) is 8.11. The highest BCUT2D eigenvalue weighted by Gasteiger charge is 2.09. The van der Waals surface area contributed by atoms with E-state index in [1.165, 1.54) is 20.3 Å². The van der Waals surface area contributed by atoms with E-state index in [-0.39, 0.29) is 12.4 Å². The fourth-order valence-electron chi connectivity index (χ4n) is 1.15. The number of phenolic OH excluding ortho intramolecular Hbond substituents is 1. The third-order valence-electron chi connectivity index (χ3n) is 1.82. The van der Waals surface area contributed by atoms with Crippen molar-refractivity contribution in [1.29, 1.82) is 0 Å². The van der Waals surface area contributed by atoms with E-state index in [1.54, 1.807) is 6.07 Å². The van der Waals surface area contributed by atoms with E-state index in [0.29, 0.717) is 17.1 Å². The van der Waals surface area contributed by atoms with Crippen LogP contribution in [0.15, 0.2) is 12.1 Å². The summed E-state index contributed by atoms with van der Waals surface area (Å²) in [4.78, 5) is 4.47. The van der Waals surface area contributed by atoms with Gasteiger partial charge in [-0.2, -0.15) is 0 Å². The summed E-state index contributed by atoms with van der Waals surface area (Å²) < 4.78 is 9.99. The summed E-state index contributed by atoms with van der Waals surface area (Å²) in [5, 5.41) is 9.46. The standard InChI is InChI=1S/C9H13NO4/c1-12-8-4-9(13-2)7(11)3-6(8)5-14-10/h3-4,11H,5,10H2,1-2H3. The summed E-state index contributed by atoms with van der Waals surface area (Å²) in [7, 11) is 2.99. The minimum Gasteiger partial charge on any atom is -0.504 e. The van der Waals surface area contributed by atoms with Crippen LogP contribution in [0.1, 0.15) is 5.56 Å². The molecule has 1 aromatic carbocycles. The van der Waals surface area contributed by atoms with E-state index in [1.807, 2.05) is 0 Å². The van der Waals surface area contributed by atoms with Gasteiger partial charge in [-0.3, -0.25) is 4.84 Å². The van der Waals surface area contributed by atoms with E-state index in [9.17, 15) is 5.11 Å². The second-order valence-electron chi connectivity index (χ2n) is 2.65. The third kappa shape index (κ3) is 2.07. The summed E-state index contributed by atoms with van der Waals surface area (Å²) in [6.07, 6.45) is 0. The largest absolute Gasteiger partial charge is 0.504 e. The van der Waals surface area contributed by atoms with Gasteiger partial charge in [0.2, 0.25) is 0 Å². The molecule has 78 valence electrons. The van der Waals surface area contributed by atoms with Crippen molar-refractivity contribution in [2.24, 2.45) is 5.90 Å². The van der Waals surface area contributed by atoms with E-state index in [2.05, 4.69) is 4.84 Å². The third-order valence-corrected chi connectivity index (χ3v) is 1.82. The zero-order valence-corrected chi connectivity index (χ0v) is 8.11. The van der Waals surface area contributed by atoms with Gasteiger partial charge in [0.05, 0.1) is 20.8 Å². The summed E-state index contributed by atoms with van der Waals surface area (Å²) in [5.41, 5.74) is 0.660. The number of rotatable bonds is 4. The monoisotopic (exact) mass is 199 g/mol. The lowest BCUT2D eigenvalue weighted by atomic mass is 10.2. The molecular weight excluding hydrogens is 186 g/mol. The second-order valence-corrected chi connectivity index (χ2v) is 2.65. The highest BCUT2D eigenvalue weighted by atomic mass is 16.6. The van der Waals surface area contributed by atoms with Crippen LogP contribution < -0.4 is 15.4 Å². The second kappa shape index (κ2) is 4.69. The first-order valence-electron chi connectivity index (χ1n) is 3.98. The quantitative estimate of drug-likeness (QED) is 0.701. The molecule has 5 heteroatoms. The van der Waals surface area contributed by atoms with Crippen LogP contribution in [0.5, 0.6) is 17.2 Å². The fraction of sp³-hybridized carbons (Fsp3) is 0.333. The van der Waals surface area contributed by atoms with Crippen molar-refractivity contribution in [2.45, 2.75) is 6.61 Å². The Hall–Kier alpha value is -1.46. The topological polar surface area (TPSA) is 73.9 Å². The molecule has 14 heavy (non-hydrogen) atoms. The van der Waals surface area contributed by atoms with Crippen LogP contribution in [0.25, 0.3) is 0 Å². The average molecular weight is 199 g/mol. The molecule has 0 fully saturated rings. The molecule has 0 aliphatic heterocycles. The molecule has 0 atom stereocenters. The van der Waals surface area contributed by atoms with Gasteiger partial charge in [-0.05, 0) is 6.07 Å². The molecule has 0 saturated carbocycles. The van der Waals surface area contributed by atoms with Crippen molar-refractivity contribution in [2.75, 3.05) is 14.2 Å². The average Bonchev–Trinajstić information content (AvgIpc) is 2.19. The summed E-state index contributed by atoms with van der Waals surface area (Å²) in [6, 6.07) is 3.06. The number of hydrogen-bond acceptors (Lipinski definition) is 5. The van der Waals surface area contributed by atoms with Gasteiger partial charge in [0.25, 0.3) is 0 Å². The maximum atomic E-state index is 9.46. The van der Waals surface area contributed by atoms with E-state index in [0.717, 1.165) is 0 Å². The lowest BCUT2D eigenvalue weighted by Gasteiger charge is -2.10. The zero-order chi connectivity index (χ0) is 10.6. The van der Waals surface area contributed by atoms with Gasteiger partial charge in [-0.15, -0.1) is 0 Å². The number of aromatic hydroxyl groups is 1. The lowest BCUT2D eigenvalue weighted by molar-refractivity contribution is 0.121. The van der Waals surface area contributed by atoms with Crippen molar-refractivity contribution in [3.8, 4) is 17.2 Å². The molecule has 0 aliphatic carbocycles. The van der Waals surface area contributed by atoms with Gasteiger partial charge < -0.3 is 14.6 Å². The molecule has 1 aromatic rings. The molecule has 3 N–H and O–H groups in total. The Morgan fingerprint density at radius 1 is 1.21 bits per heavy atom. The highest BCUT2D eigenvalue weighted by molar-refractivity contribution is 5.49. The molecule has 0 bridgehead atoms. The molecular formula is C9H13NO4. The Morgan fingerprint density at radius 3 is 2.36 bits per heavy atom. The number of hydrogen-bond donors (Lipinski definition) is 2. The summed E-state index contributed by atoms with van der Waals surface area (Å²) in [6.45, 7) is 0.167. The van der Waals surface area contributed by atoms with Gasteiger partial charge in [0.1, 0.15) is 5.75 Å². The van der Waals surface area contributed by atoms with Crippen LogP contribution >= 0.6 is 0 Å². The number of nitrogens with two attached hydrogens (primary N) is 1. The minimum atomic E-state index is 0.0281. The van der Waals surface area contributed by atoms with Crippen molar-refractivity contribution in [3.63, 3.8) is 0 Å². The Bertz CT molecular complexity index is 314. The first-order valence-corrected chi connectivity index (χ1v) is 3.98. The normalized spacial score (nSPS) is 9.93. The van der Waals surface area contributed by atoms with Crippen LogP contribution in [-0.2, 0) is 11.4 Å². The smallest absolute Gasteiger partial charge is 0.164 e. The first kappa shape index (κ1) is 10.6. The predicted molar refractivity (Wildman–Crippen MR) is 50.2 cm³/mol. The number of ether oxygens (including phenoxy) is 2. The SMILES string of the molecule is COc1cc(OC)c(CON)cc1O. The number of phenols is 1. The van der Waals surface area contributed by atoms with Crippen molar-refractivity contribution in [3.05, 3.63) is 17.7 Å². The van der Waals surface area contributed by atoms with Crippen molar-refractivity contribution < 1.29 is 19.4 Å². The van der Waals surface area contributed by atoms with E-state index in [4.69, 9.17) is 15.4 Å². The molecule has 0 amide bonds. The Balaban J connectivity index is 3.10. The minimum absolute atomic E-state index is 0.0281. The van der Waals surface area contributed by atoms with Crippen LogP contribution in [0.4, 0.5) is 0 Å². The van der Waals surface area contributed by atoms with Crippen LogP contribution in [0, 0.1) is 0 Å². The highest BCUT2D eigenvalue weighted by Crippen LogP contribution is 2.33. The van der Waals surface area contributed by atoms with Gasteiger partial charge >= 0.3 is 0 Å². The lowest BCUT2D eigenvalue weighted by Crippen LogP contribution is -2.01. The first-order chi connectivity index (χ1) is 6.72. The Morgan fingerprint density at radius 2 is 1.86 bits per heavy atom. The molecule has 1 rings (SSSR count). The molecule has 0 heterocycles. The maximum Gasteiger partial charge on any atom is 0.164 e. The Labute approximate surface area is 82.0 Å². The Kier molecular flexibility index (Phi) is 3.55. The van der Waals surface area contributed by atoms with Gasteiger partial charge in [-0.25, -0.2) is 5.90 Å². The van der Waals surface area contributed by atoms with Crippen molar-refractivity contribution in [1.82, 2.24) is 0 Å². The van der Waals surface area contributed by atoms with Crippen LogP contribution in [0.2, 0.25) is 0 Å². The molecule has 5 nitrogen and oxygen atoms in total. The van der Waals surface area contributed by atoms with Crippen LogP contribution in [0.3, 0.4) is 0 Å². The molecule has 0 saturated heterocycles. The van der Waals surface area contributed by atoms with Crippen molar-refractivity contribution >= 4 is 0 Å². The molecule has 0 radical (unpaired) electrons. The summed E-state index contributed by atoms with van der Waals surface area (Å²) in [5.74, 6) is 5.87. The molecule has 0 spiro atoms.